The molecule has 2 N–H and O–H groups in total. The Hall–Kier alpha value is -1.23. The molecule has 0 saturated carbocycles. The number of benzene rings is 1. The SMILES string of the molecule is OC1CNc2ccc(C(F)(F)F)cc2C1. The number of halogens is 3. The molecule has 5 heteroatoms. The first-order valence-electron chi connectivity index (χ1n) is 4.59. The maximum Gasteiger partial charge on any atom is 0.416 e. The number of fused-ring (bicyclic) bond motifs is 1. The van der Waals surface area contributed by atoms with Gasteiger partial charge >= 0.3 is 6.18 Å². The standard InChI is InChI=1S/C10H10F3NO/c11-10(12,13)7-1-2-9-6(3-7)4-8(15)5-14-9/h1-3,8,14-15H,4-5H2. The van der Waals surface area contributed by atoms with Crippen LogP contribution in [0.1, 0.15) is 11.1 Å². The first-order valence-corrected chi connectivity index (χ1v) is 4.59. The predicted molar refractivity (Wildman–Crippen MR) is 49.6 cm³/mol. The molecule has 15 heavy (non-hydrogen) atoms. The lowest BCUT2D eigenvalue weighted by Gasteiger charge is -2.23. The molecule has 0 spiro atoms. The molecule has 1 aromatic rings. The van der Waals surface area contributed by atoms with Crippen molar-refractivity contribution in [2.45, 2.75) is 18.7 Å². The molecule has 2 nitrogen and oxygen atoms in total. The van der Waals surface area contributed by atoms with Gasteiger partial charge in [0.2, 0.25) is 0 Å². The summed E-state index contributed by atoms with van der Waals surface area (Å²) in [5, 5.41) is 12.2. The summed E-state index contributed by atoms with van der Waals surface area (Å²) < 4.78 is 37.1. The molecule has 1 aromatic carbocycles. The first kappa shape index (κ1) is 10.3. The highest BCUT2D eigenvalue weighted by atomic mass is 19.4. The minimum atomic E-state index is -4.32. The van der Waals surface area contributed by atoms with Gasteiger partial charge < -0.3 is 10.4 Å². The summed E-state index contributed by atoms with van der Waals surface area (Å²) in [5.74, 6) is 0. The van der Waals surface area contributed by atoms with Crippen LogP contribution in [0.2, 0.25) is 0 Å². The van der Waals surface area contributed by atoms with Crippen LogP contribution in [-0.4, -0.2) is 17.8 Å². The van der Waals surface area contributed by atoms with Crippen LogP contribution in [0.5, 0.6) is 0 Å². The Labute approximate surface area is 84.7 Å². The summed E-state index contributed by atoms with van der Waals surface area (Å²) in [7, 11) is 0. The van der Waals surface area contributed by atoms with E-state index in [1.54, 1.807) is 0 Å². The van der Waals surface area contributed by atoms with Crippen LogP contribution in [0.4, 0.5) is 18.9 Å². The summed E-state index contributed by atoms with van der Waals surface area (Å²) in [6.07, 6.45) is -4.66. The Morgan fingerprint density at radius 2 is 2.07 bits per heavy atom. The third-order valence-corrected chi connectivity index (χ3v) is 2.42. The molecular formula is C10H10F3NO. The second-order valence-electron chi connectivity index (χ2n) is 3.61. The number of rotatable bonds is 0. The normalized spacial score (nSPS) is 20.7. The van der Waals surface area contributed by atoms with Crippen molar-refractivity contribution < 1.29 is 18.3 Å². The zero-order valence-electron chi connectivity index (χ0n) is 7.80. The topological polar surface area (TPSA) is 32.3 Å². The van der Waals surface area contributed by atoms with Crippen molar-refractivity contribution in [3.63, 3.8) is 0 Å². The average molecular weight is 217 g/mol. The molecule has 0 radical (unpaired) electrons. The molecule has 1 atom stereocenters. The van der Waals surface area contributed by atoms with Crippen molar-refractivity contribution in [3.05, 3.63) is 29.3 Å². The van der Waals surface area contributed by atoms with Gasteiger partial charge in [0.15, 0.2) is 0 Å². The summed E-state index contributed by atoms with van der Waals surface area (Å²) in [6, 6.07) is 3.54. The van der Waals surface area contributed by atoms with Crippen molar-refractivity contribution >= 4 is 5.69 Å². The number of hydrogen-bond donors (Lipinski definition) is 2. The minimum absolute atomic E-state index is 0.270. The summed E-state index contributed by atoms with van der Waals surface area (Å²) in [5.41, 5.74) is 0.522. The van der Waals surface area contributed by atoms with Gasteiger partial charge in [-0.3, -0.25) is 0 Å². The van der Waals surface area contributed by atoms with Crippen LogP contribution in [0.15, 0.2) is 18.2 Å². The predicted octanol–water partition coefficient (Wildman–Crippen LogP) is 2.03. The molecule has 0 fully saturated rings. The van der Waals surface area contributed by atoms with Gasteiger partial charge in [0.05, 0.1) is 11.7 Å². The third kappa shape index (κ3) is 2.07. The Kier molecular flexibility index (Phi) is 2.34. The van der Waals surface area contributed by atoms with Crippen LogP contribution < -0.4 is 5.32 Å². The Morgan fingerprint density at radius 1 is 1.33 bits per heavy atom. The number of aliphatic hydroxyl groups excluding tert-OH is 1. The van der Waals surface area contributed by atoms with E-state index in [2.05, 4.69) is 5.32 Å². The van der Waals surface area contributed by atoms with E-state index in [4.69, 9.17) is 0 Å². The zero-order chi connectivity index (χ0) is 11.1. The highest BCUT2D eigenvalue weighted by Gasteiger charge is 2.31. The van der Waals surface area contributed by atoms with E-state index in [9.17, 15) is 18.3 Å². The molecule has 0 aromatic heterocycles. The number of β-amino-alcohol motifs (C(OH)–C–C–N with tert-alkyl or cyclic N) is 1. The maximum atomic E-state index is 12.4. The highest BCUT2D eigenvalue weighted by molar-refractivity contribution is 5.55. The molecule has 2 rings (SSSR count). The van der Waals surface area contributed by atoms with Gasteiger partial charge in [-0.2, -0.15) is 13.2 Å². The van der Waals surface area contributed by atoms with E-state index >= 15 is 0 Å². The largest absolute Gasteiger partial charge is 0.416 e. The molecule has 0 saturated heterocycles. The van der Waals surface area contributed by atoms with Crippen LogP contribution in [0.25, 0.3) is 0 Å². The summed E-state index contributed by atoms with van der Waals surface area (Å²) in [6.45, 7) is 0.387. The van der Waals surface area contributed by atoms with Crippen LogP contribution in [-0.2, 0) is 12.6 Å². The molecule has 1 unspecified atom stereocenters. The molecule has 1 aliphatic rings. The molecule has 0 aliphatic carbocycles. The molecular weight excluding hydrogens is 207 g/mol. The Morgan fingerprint density at radius 3 is 2.73 bits per heavy atom. The Balaban J connectivity index is 2.37. The third-order valence-electron chi connectivity index (χ3n) is 2.42. The van der Waals surface area contributed by atoms with E-state index in [0.29, 0.717) is 17.8 Å². The van der Waals surface area contributed by atoms with Crippen molar-refractivity contribution in [3.8, 4) is 0 Å². The van der Waals surface area contributed by atoms with Gasteiger partial charge in [-0.25, -0.2) is 0 Å². The quantitative estimate of drug-likeness (QED) is 0.697. The molecule has 0 amide bonds. The Bertz CT molecular complexity index is 375. The van der Waals surface area contributed by atoms with Gasteiger partial charge in [0.25, 0.3) is 0 Å². The number of anilines is 1. The number of hydrogen-bond acceptors (Lipinski definition) is 2. The monoisotopic (exact) mass is 217 g/mol. The number of aliphatic hydroxyl groups is 1. The van der Waals surface area contributed by atoms with Crippen LogP contribution in [0, 0.1) is 0 Å². The number of nitrogens with one attached hydrogen (secondary N) is 1. The van der Waals surface area contributed by atoms with E-state index in [1.165, 1.54) is 6.07 Å². The van der Waals surface area contributed by atoms with Crippen molar-refractivity contribution in [2.24, 2.45) is 0 Å². The van der Waals surface area contributed by atoms with Gasteiger partial charge in [0, 0.05) is 18.7 Å². The highest BCUT2D eigenvalue weighted by Crippen LogP contribution is 2.33. The fraction of sp³-hybridized carbons (Fsp3) is 0.400. The van der Waals surface area contributed by atoms with Crippen molar-refractivity contribution in [1.82, 2.24) is 0 Å². The maximum absolute atomic E-state index is 12.4. The summed E-state index contributed by atoms with van der Waals surface area (Å²) in [4.78, 5) is 0. The van der Waals surface area contributed by atoms with Crippen molar-refractivity contribution in [1.29, 1.82) is 0 Å². The van der Waals surface area contributed by atoms with E-state index in [1.807, 2.05) is 0 Å². The molecule has 82 valence electrons. The molecule has 1 heterocycles. The van der Waals surface area contributed by atoms with Crippen LogP contribution in [0.3, 0.4) is 0 Å². The molecule has 0 bridgehead atoms. The van der Waals surface area contributed by atoms with Gasteiger partial charge in [0.1, 0.15) is 0 Å². The zero-order valence-corrected chi connectivity index (χ0v) is 7.80. The fourth-order valence-electron chi connectivity index (χ4n) is 1.67. The van der Waals surface area contributed by atoms with Gasteiger partial charge in [-0.15, -0.1) is 0 Å². The lowest BCUT2D eigenvalue weighted by atomic mass is 9.99. The lowest BCUT2D eigenvalue weighted by molar-refractivity contribution is -0.137. The molecule has 1 aliphatic heterocycles. The van der Waals surface area contributed by atoms with Crippen molar-refractivity contribution in [2.75, 3.05) is 11.9 Å². The fourth-order valence-corrected chi connectivity index (χ4v) is 1.67. The van der Waals surface area contributed by atoms with Gasteiger partial charge in [-0.1, -0.05) is 0 Å². The van der Waals surface area contributed by atoms with E-state index in [-0.39, 0.29) is 6.42 Å². The first-order chi connectivity index (χ1) is 6.97. The van der Waals surface area contributed by atoms with E-state index in [0.717, 1.165) is 12.1 Å². The minimum Gasteiger partial charge on any atom is -0.391 e. The van der Waals surface area contributed by atoms with Crippen LogP contribution >= 0.6 is 0 Å². The van der Waals surface area contributed by atoms with Gasteiger partial charge in [-0.05, 0) is 23.8 Å². The van der Waals surface area contributed by atoms with E-state index < -0.39 is 17.8 Å². The second kappa shape index (κ2) is 3.41. The second-order valence-corrected chi connectivity index (χ2v) is 3.61. The smallest absolute Gasteiger partial charge is 0.391 e. The number of alkyl halides is 3. The summed E-state index contributed by atoms with van der Waals surface area (Å²) >= 11 is 0. The average Bonchev–Trinajstić information content (AvgIpc) is 2.15. The lowest BCUT2D eigenvalue weighted by Crippen LogP contribution is -2.27.